The van der Waals surface area contributed by atoms with Crippen LogP contribution in [0.3, 0.4) is 0 Å². The fourth-order valence-corrected chi connectivity index (χ4v) is 2.70. The summed E-state index contributed by atoms with van der Waals surface area (Å²) in [6.07, 6.45) is -4.57. The Kier molecular flexibility index (Phi) is 9.80. The zero-order chi connectivity index (χ0) is 22.8. The normalized spacial score (nSPS) is 22.5. The van der Waals surface area contributed by atoms with Crippen molar-refractivity contribution < 1.29 is 44.3 Å². The molecular weight excluding hydrogens is 406 g/mol. The molecule has 170 valence electrons. The average molecular weight is 433 g/mol. The third-order valence-corrected chi connectivity index (χ3v) is 3.92. The van der Waals surface area contributed by atoms with Crippen LogP contribution >= 0.6 is 0 Å². The maximum absolute atomic E-state index is 12.0. The van der Waals surface area contributed by atoms with Gasteiger partial charge < -0.3 is 52.0 Å². The molecule has 5 atom stereocenters. The van der Waals surface area contributed by atoms with Crippen molar-refractivity contribution in [3.8, 4) is 0 Å². The minimum absolute atomic E-state index is 0.0504. The molecule has 0 saturated heterocycles. The van der Waals surface area contributed by atoms with E-state index in [1.165, 1.54) is 6.92 Å². The van der Waals surface area contributed by atoms with Crippen molar-refractivity contribution in [3.05, 3.63) is 11.8 Å². The zero-order valence-corrected chi connectivity index (χ0v) is 16.2. The van der Waals surface area contributed by atoms with Gasteiger partial charge in [0.1, 0.15) is 6.10 Å². The molecule has 2 amide bonds. The molecule has 14 nitrogen and oxygen atoms in total. The van der Waals surface area contributed by atoms with E-state index in [2.05, 4.69) is 15.6 Å². The van der Waals surface area contributed by atoms with E-state index in [0.29, 0.717) is 0 Å². The lowest BCUT2D eigenvalue weighted by atomic mass is 9.92. The molecule has 30 heavy (non-hydrogen) atoms. The van der Waals surface area contributed by atoms with Crippen LogP contribution in [-0.4, -0.2) is 94.5 Å². The topological polar surface area (TPSA) is 239 Å². The Morgan fingerprint density at radius 2 is 2.00 bits per heavy atom. The van der Waals surface area contributed by atoms with Gasteiger partial charge in [0.05, 0.1) is 18.7 Å². The van der Waals surface area contributed by atoms with Gasteiger partial charge in [-0.3, -0.25) is 4.79 Å². The minimum atomic E-state index is -1.71. The zero-order valence-electron chi connectivity index (χ0n) is 16.2. The largest absolute Gasteiger partial charge is 0.477 e. The third-order valence-electron chi connectivity index (χ3n) is 3.92. The fourth-order valence-electron chi connectivity index (χ4n) is 2.70. The van der Waals surface area contributed by atoms with Crippen LogP contribution in [0.1, 0.15) is 13.3 Å². The lowest BCUT2D eigenvalue weighted by Crippen LogP contribution is -2.61. The van der Waals surface area contributed by atoms with Crippen molar-refractivity contribution in [2.45, 2.75) is 43.7 Å². The van der Waals surface area contributed by atoms with E-state index < -0.39 is 66.7 Å². The van der Waals surface area contributed by atoms with Gasteiger partial charge in [0.25, 0.3) is 0 Å². The second kappa shape index (κ2) is 11.8. The first-order valence-corrected chi connectivity index (χ1v) is 8.92. The number of hydrogen-bond donors (Lipinski definition) is 8. The summed E-state index contributed by atoms with van der Waals surface area (Å²) in [5, 5.41) is 42.5. The van der Waals surface area contributed by atoms with Crippen molar-refractivity contribution in [3.63, 3.8) is 0 Å². The van der Waals surface area contributed by atoms with E-state index in [-0.39, 0.29) is 19.6 Å². The summed E-state index contributed by atoms with van der Waals surface area (Å²) in [6, 6.07) is -2.30. The van der Waals surface area contributed by atoms with Crippen molar-refractivity contribution >= 4 is 23.9 Å². The number of carbonyl (C=O) groups excluding carboxylic acids is 2. The number of aliphatic carboxylic acids is 1. The Hall–Kier alpha value is -3.10. The number of aliphatic hydroxyl groups is 3. The number of hydrogen-bond acceptors (Lipinski definition) is 9. The number of carbonyl (C=O) groups is 3. The molecule has 10 N–H and O–H groups in total. The molecule has 1 heterocycles. The van der Waals surface area contributed by atoms with Crippen LogP contribution in [0.15, 0.2) is 16.8 Å². The molecule has 0 aromatic carbocycles. The highest BCUT2D eigenvalue weighted by Gasteiger charge is 2.46. The van der Waals surface area contributed by atoms with Crippen LogP contribution in [0.25, 0.3) is 0 Å². The Morgan fingerprint density at radius 1 is 1.33 bits per heavy atom. The number of nitrogens with one attached hydrogen (secondary N) is 2. The van der Waals surface area contributed by atoms with E-state index in [0.717, 1.165) is 6.08 Å². The standard InChI is InChI=1S/C16H27N5O9/c1-7(24)20-11-8(21-15(17)18)5-10(14(26)27)29-13(11)12(9(25)6-23)30-16(28)19-3-2-4-22/h5,8-9,11-13,22-23,25H,2-4,6H2,1H3,(H,19,28)(H,20,24)(H,26,27)(H4,17,18,21)/t8-,9+,11+,12+,13+/m0/s1. The fraction of sp³-hybridized carbons (Fsp3) is 0.625. The van der Waals surface area contributed by atoms with Crippen molar-refractivity contribution in [2.75, 3.05) is 19.8 Å². The molecule has 0 fully saturated rings. The van der Waals surface area contributed by atoms with Crippen molar-refractivity contribution in [1.29, 1.82) is 0 Å². The number of aliphatic imine (C=N–C) groups is 1. The summed E-state index contributed by atoms with van der Waals surface area (Å²) < 4.78 is 10.5. The van der Waals surface area contributed by atoms with Gasteiger partial charge in [-0.2, -0.15) is 0 Å². The maximum Gasteiger partial charge on any atom is 0.407 e. The smallest absolute Gasteiger partial charge is 0.407 e. The Bertz CT molecular complexity index is 680. The molecule has 0 radical (unpaired) electrons. The number of guanidine groups is 1. The lowest BCUT2D eigenvalue weighted by molar-refractivity contribution is -0.146. The molecule has 1 rings (SSSR count). The van der Waals surface area contributed by atoms with Gasteiger partial charge in [-0.25, -0.2) is 14.6 Å². The first kappa shape index (κ1) is 24.9. The van der Waals surface area contributed by atoms with Gasteiger partial charge in [-0.1, -0.05) is 0 Å². The molecule has 0 unspecified atom stereocenters. The van der Waals surface area contributed by atoms with Gasteiger partial charge in [0, 0.05) is 20.1 Å². The van der Waals surface area contributed by atoms with Crippen LogP contribution in [0.4, 0.5) is 4.79 Å². The quantitative estimate of drug-likeness (QED) is 0.0948. The highest BCUT2D eigenvalue weighted by molar-refractivity contribution is 5.85. The lowest BCUT2D eigenvalue weighted by Gasteiger charge is -2.39. The number of amides is 2. The molecule has 1 aliphatic rings. The molecule has 0 bridgehead atoms. The van der Waals surface area contributed by atoms with Gasteiger partial charge >= 0.3 is 12.1 Å². The SMILES string of the molecule is CC(=O)N[C@H]1[C@H]([C@H](OC(=O)NCCCO)[C@H](O)CO)OC(C(=O)O)=C[C@@H]1N=C(N)N. The van der Waals surface area contributed by atoms with Crippen LogP contribution < -0.4 is 22.1 Å². The first-order chi connectivity index (χ1) is 14.1. The second-order valence-corrected chi connectivity index (χ2v) is 6.31. The average Bonchev–Trinajstić information content (AvgIpc) is 2.66. The predicted octanol–water partition coefficient (Wildman–Crippen LogP) is -3.67. The number of carboxylic acids is 1. The summed E-state index contributed by atoms with van der Waals surface area (Å²) in [6.45, 7) is 0.154. The third kappa shape index (κ3) is 7.38. The molecule has 0 saturated carbocycles. The van der Waals surface area contributed by atoms with E-state index in [4.69, 9.17) is 26.0 Å². The first-order valence-electron chi connectivity index (χ1n) is 8.92. The van der Waals surface area contributed by atoms with Crippen LogP contribution in [-0.2, 0) is 19.1 Å². The van der Waals surface area contributed by atoms with E-state index in [9.17, 15) is 29.7 Å². The molecule has 0 aliphatic carbocycles. The summed E-state index contributed by atoms with van der Waals surface area (Å²) in [4.78, 5) is 39.1. The molecule has 14 heteroatoms. The number of carboxylic acid groups (broad SMARTS) is 1. The van der Waals surface area contributed by atoms with Crippen LogP contribution in [0.5, 0.6) is 0 Å². The van der Waals surface area contributed by atoms with Gasteiger partial charge in [0.15, 0.2) is 18.2 Å². The Balaban J connectivity index is 3.31. The number of aliphatic hydroxyl groups excluding tert-OH is 3. The number of nitrogens with two attached hydrogens (primary N) is 2. The van der Waals surface area contributed by atoms with Crippen LogP contribution in [0.2, 0.25) is 0 Å². The summed E-state index contributed by atoms with van der Waals surface area (Å²) >= 11 is 0. The predicted molar refractivity (Wildman–Crippen MR) is 101 cm³/mol. The summed E-state index contributed by atoms with van der Waals surface area (Å²) in [7, 11) is 0. The van der Waals surface area contributed by atoms with E-state index in [1.54, 1.807) is 0 Å². The molecular formula is C16H27N5O9. The van der Waals surface area contributed by atoms with Crippen LogP contribution in [0, 0.1) is 0 Å². The highest BCUT2D eigenvalue weighted by Crippen LogP contribution is 2.26. The summed E-state index contributed by atoms with van der Waals surface area (Å²) in [5.74, 6) is -3.10. The van der Waals surface area contributed by atoms with Crippen molar-refractivity contribution in [1.82, 2.24) is 10.6 Å². The van der Waals surface area contributed by atoms with E-state index >= 15 is 0 Å². The maximum atomic E-state index is 12.0. The minimum Gasteiger partial charge on any atom is -0.477 e. The monoisotopic (exact) mass is 433 g/mol. The number of rotatable bonds is 10. The Labute approximate surface area is 171 Å². The number of ether oxygens (including phenoxy) is 2. The van der Waals surface area contributed by atoms with Gasteiger partial charge in [-0.05, 0) is 12.5 Å². The van der Waals surface area contributed by atoms with E-state index in [1.807, 2.05) is 0 Å². The molecule has 0 aromatic rings. The number of nitrogens with zero attached hydrogens (tertiary/aromatic N) is 1. The second-order valence-electron chi connectivity index (χ2n) is 6.31. The molecule has 0 spiro atoms. The summed E-state index contributed by atoms with van der Waals surface area (Å²) in [5.41, 5.74) is 10.8. The Morgan fingerprint density at radius 3 is 2.50 bits per heavy atom. The highest BCUT2D eigenvalue weighted by atomic mass is 16.6. The molecule has 1 aliphatic heterocycles. The van der Waals surface area contributed by atoms with Gasteiger partial charge in [0.2, 0.25) is 11.7 Å². The van der Waals surface area contributed by atoms with Gasteiger partial charge in [-0.15, -0.1) is 0 Å². The van der Waals surface area contributed by atoms with Crippen molar-refractivity contribution in [2.24, 2.45) is 16.5 Å². The molecule has 0 aromatic heterocycles. The number of alkyl carbamates (subject to hydrolysis) is 1.